The van der Waals surface area contributed by atoms with E-state index in [4.69, 9.17) is 11.6 Å². The fraction of sp³-hybridized carbons (Fsp3) is 0.364. The molecule has 0 radical (unpaired) electrons. The highest BCUT2D eigenvalue weighted by molar-refractivity contribution is 7.15. The van der Waals surface area contributed by atoms with Crippen LogP contribution in [0.25, 0.3) is 0 Å². The maximum Gasteiger partial charge on any atom is 0.224 e. The van der Waals surface area contributed by atoms with E-state index >= 15 is 0 Å². The molecule has 2 aromatic heterocycles. The second-order valence-corrected chi connectivity index (χ2v) is 5.53. The van der Waals surface area contributed by atoms with Crippen molar-refractivity contribution >= 4 is 33.9 Å². The number of hydrogen-bond acceptors (Lipinski definition) is 5. The average molecular weight is 267 g/mol. The molecule has 0 unspecified atom stereocenters. The minimum Gasteiger partial charge on any atom is -0.316 e. The average Bonchev–Trinajstić information content (AvgIpc) is 2.99. The quantitative estimate of drug-likeness (QED) is 0.864. The molecular formula is C11H11ClN4S. The fourth-order valence-electron chi connectivity index (χ4n) is 1.61. The van der Waals surface area contributed by atoms with Gasteiger partial charge in [-0.15, -0.1) is 11.3 Å². The molecule has 2 aromatic rings. The van der Waals surface area contributed by atoms with Crippen LogP contribution in [0.4, 0.5) is 10.9 Å². The summed E-state index contributed by atoms with van der Waals surface area (Å²) < 4.78 is 0. The van der Waals surface area contributed by atoms with Crippen molar-refractivity contribution in [3.05, 3.63) is 28.1 Å². The smallest absolute Gasteiger partial charge is 0.224 e. The number of nitrogens with zero attached hydrogens (tertiary/aromatic N) is 3. The Morgan fingerprint density at radius 2 is 2.24 bits per heavy atom. The summed E-state index contributed by atoms with van der Waals surface area (Å²) >= 11 is 7.49. The molecule has 0 bridgehead atoms. The topological polar surface area (TPSA) is 50.7 Å². The summed E-state index contributed by atoms with van der Waals surface area (Å²) in [6.45, 7) is 1.89. The number of rotatable bonds is 3. The van der Waals surface area contributed by atoms with E-state index in [1.54, 1.807) is 11.3 Å². The number of hydrogen-bond donors (Lipinski definition) is 1. The molecular weight excluding hydrogens is 256 g/mol. The summed E-state index contributed by atoms with van der Waals surface area (Å²) in [5.74, 6) is 1.43. The van der Waals surface area contributed by atoms with E-state index in [2.05, 4.69) is 20.3 Å². The van der Waals surface area contributed by atoms with E-state index in [1.165, 1.54) is 17.7 Å². The number of aromatic nitrogens is 3. The molecule has 17 heavy (non-hydrogen) atoms. The highest BCUT2D eigenvalue weighted by atomic mass is 35.5. The van der Waals surface area contributed by atoms with Crippen molar-refractivity contribution in [1.82, 2.24) is 15.0 Å². The summed E-state index contributed by atoms with van der Waals surface area (Å²) in [7, 11) is 0. The van der Waals surface area contributed by atoms with Crippen LogP contribution < -0.4 is 5.32 Å². The Balaban J connectivity index is 1.80. The van der Waals surface area contributed by atoms with Crippen molar-refractivity contribution in [2.75, 3.05) is 5.32 Å². The third-order valence-electron chi connectivity index (χ3n) is 2.57. The molecule has 0 saturated heterocycles. The van der Waals surface area contributed by atoms with Crippen molar-refractivity contribution in [2.45, 2.75) is 25.7 Å². The second-order valence-electron chi connectivity index (χ2n) is 4.13. The monoisotopic (exact) mass is 266 g/mol. The van der Waals surface area contributed by atoms with Crippen LogP contribution in [0, 0.1) is 6.92 Å². The lowest BCUT2D eigenvalue weighted by molar-refractivity contribution is 1.10. The Labute approximate surface area is 108 Å². The first-order valence-electron chi connectivity index (χ1n) is 5.44. The van der Waals surface area contributed by atoms with Gasteiger partial charge in [-0.3, -0.25) is 0 Å². The first kappa shape index (κ1) is 10.9. The van der Waals surface area contributed by atoms with Gasteiger partial charge in [0.05, 0.1) is 0 Å². The van der Waals surface area contributed by atoms with Crippen molar-refractivity contribution in [1.29, 1.82) is 0 Å². The molecule has 0 aromatic carbocycles. The van der Waals surface area contributed by atoms with Gasteiger partial charge in [0, 0.05) is 22.8 Å². The molecule has 6 heteroatoms. The molecule has 1 aliphatic carbocycles. The normalized spacial score (nSPS) is 14.9. The van der Waals surface area contributed by atoms with E-state index in [-0.39, 0.29) is 5.28 Å². The van der Waals surface area contributed by atoms with Gasteiger partial charge in [0.1, 0.15) is 5.82 Å². The van der Waals surface area contributed by atoms with Crippen molar-refractivity contribution in [3.63, 3.8) is 0 Å². The summed E-state index contributed by atoms with van der Waals surface area (Å²) in [5.41, 5.74) is 0.839. The molecule has 1 saturated carbocycles. The van der Waals surface area contributed by atoms with Gasteiger partial charge in [-0.25, -0.2) is 15.0 Å². The van der Waals surface area contributed by atoms with Gasteiger partial charge in [-0.05, 0) is 37.3 Å². The van der Waals surface area contributed by atoms with Crippen LogP contribution in [0.5, 0.6) is 0 Å². The zero-order chi connectivity index (χ0) is 11.8. The van der Waals surface area contributed by atoms with E-state index in [1.807, 2.05) is 19.2 Å². The van der Waals surface area contributed by atoms with Crippen molar-refractivity contribution in [3.8, 4) is 0 Å². The molecule has 88 valence electrons. The number of thiazole rings is 1. The van der Waals surface area contributed by atoms with Crippen molar-refractivity contribution in [2.24, 2.45) is 0 Å². The van der Waals surface area contributed by atoms with Crippen LogP contribution in [-0.2, 0) is 0 Å². The highest BCUT2D eigenvalue weighted by Gasteiger charge is 2.25. The van der Waals surface area contributed by atoms with Crippen LogP contribution in [-0.4, -0.2) is 15.0 Å². The van der Waals surface area contributed by atoms with Crippen LogP contribution in [0.1, 0.15) is 29.3 Å². The maximum absolute atomic E-state index is 5.80. The van der Waals surface area contributed by atoms with E-state index in [0.29, 0.717) is 5.82 Å². The molecule has 0 atom stereocenters. The molecule has 1 N–H and O–H groups in total. The number of aryl methyl sites for hydroxylation is 1. The van der Waals surface area contributed by atoms with E-state index in [9.17, 15) is 0 Å². The number of nitrogens with one attached hydrogen (secondary N) is 1. The summed E-state index contributed by atoms with van der Waals surface area (Å²) in [5, 5.41) is 4.28. The van der Waals surface area contributed by atoms with Gasteiger partial charge in [0.25, 0.3) is 0 Å². The Morgan fingerprint density at radius 1 is 1.41 bits per heavy atom. The Bertz CT molecular complexity index is 530. The Morgan fingerprint density at radius 3 is 2.94 bits per heavy atom. The van der Waals surface area contributed by atoms with Crippen LogP contribution >= 0.6 is 22.9 Å². The zero-order valence-corrected chi connectivity index (χ0v) is 10.8. The van der Waals surface area contributed by atoms with Gasteiger partial charge in [-0.2, -0.15) is 0 Å². The van der Waals surface area contributed by atoms with Gasteiger partial charge < -0.3 is 5.32 Å². The SMILES string of the molecule is Cc1cc(Nc2ncc(C3CC3)s2)nc(Cl)n1. The van der Waals surface area contributed by atoms with Crippen LogP contribution in [0.15, 0.2) is 12.3 Å². The molecule has 0 aliphatic heterocycles. The number of anilines is 2. The first-order chi connectivity index (χ1) is 8.20. The summed E-state index contributed by atoms with van der Waals surface area (Å²) in [4.78, 5) is 13.8. The Hall–Kier alpha value is -1.20. The standard InChI is InChI=1S/C11H11ClN4S/c1-6-4-9(15-10(12)14-6)16-11-13-5-8(17-11)7-2-3-7/h4-5,7H,2-3H2,1H3,(H,13,14,15,16). The lowest BCUT2D eigenvalue weighted by Gasteiger charge is -2.02. The molecule has 0 spiro atoms. The predicted molar refractivity (Wildman–Crippen MR) is 69.2 cm³/mol. The van der Waals surface area contributed by atoms with E-state index < -0.39 is 0 Å². The fourth-order valence-corrected chi connectivity index (χ4v) is 2.82. The van der Waals surface area contributed by atoms with Gasteiger partial charge in [0.15, 0.2) is 5.13 Å². The van der Waals surface area contributed by atoms with Crippen LogP contribution in [0.2, 0.25) is 5.28 Å². The molecule has 2 heterocycles. The van der Waals surface area contributed by atoms with Crippen molar-refractivity contribution < 1.29 is 0 Å². The Kier molecular flexibility index (Phi) is 2.72. The van der Waals surface area contributed by atoms with Gasteiger partial charge >= 0.3 is 0 Å². The van der Waals surface area contributed by atoms with Gasteiger partial charge in [0.2, 0.25) is 5.28 Å². The molecule has 1 fully saturated rings. The minimum absolute atomic E-state index is 0.256. The third-order valence-corrected chi connectivity index (χ3v) is 3.81. The third kappa shape index (κ3) is 2.56. The lowest BCUT2D eigenvalue weighted by Crippen LogP contribution is -1.95. The first-order valence-corrected chi connectivity index (χ1v) is 6.64. The van der Waals surface area contributed by atoms with Crippen LogP contribution in [0.3, 0.4) is 0 Å². The molecule has 1 aliphatic rings. The largest absolute Gasteiger partial charge is 0.316 e. The summed E-state index contributed by atoms with van der Waals surface area (Å²) in [6.07, 6.45) is 4.53. The minimum atomic E-state index is 0.256. The number of halogens is 1. The van der Waals surface area contributed by atoms with E-state index in [0.717, 1.165) is 16.7 Å². The lowest BCUT2D eigenvalue weighted by atomic mass is 10.4. The highest BCUT2D eigenvalue weighted by Crippen LogP contribution is 2.43. The second kappa shape index (κ2) is 4.23. The molecule has 4 nitrogen and oxygen atoms in total. The van der Waals surface area contributed by atoms with Gasteiger partial charge in [-0.1, -0.05) is 0 Å². The maximum atomic E-state index is 5.80. The molecule has 3 rings (SSSR count). The zero-order valence-electron chi connectivity index (χ0n) is 9.27. The molecule has 0 amide bonds. The predicted octanol–water partition coefficient (Wildman–Crippen LogP) is 3.52. The summed E-state index contributed by atoms with van der Waals surface area (Å²) in [6, 6.07) is 1.85.